The first-order valence-corrected chi connectivity index (χ1v) is 6.10. The molecule has 1 heterocycles. The summed E-state index contributed by atoms with van der Waals surface area (Å²) < 4.78 is 39.4. The van der Waals surface area contributed by atoms with E-state index in [-0.39, 0.29) is 0 Å². The van der Waals surface area contributed by atoms with E-state index in [1.165, 1.54) is 0 Å². The molecule has 1 aromatic carbocycles. The molecule has 0 spiro atoms. The van der Waals surface area contributed by atoms with Gasteiger partial charge in [-0.15, -0.1) is 0 Å². The van der Waals surface area contributed by atoms with Crippen LogP contribution >= 0.6 is 0 Å². The van der Waals surface area contributed by atoms with Crippen molar-refractivity contribution in [3.8, 4) is 0 Å². The van der Waals surface area contributed by atoms with Crippen molar-refractivity contribution in [1.29, 1.82) is 0 Å². The summed E-state index contributed by atoms with van der Waals surface area (Å²) in [5.74, 6) is -5.10. The third-order valence-electron chi connectivity index (χ3n) is 3.40. The third kappa shape index (κ3) is 2.89. The van der Waals surface area contributed by atoms with Crippen LogP contribution in [0.5, 0.6) is 0 Å². The molecule has 2 rings (SSSR count). The van der Waals surface area contributed by atoms with Gasteiger partial charge in [0.05, 0.1) is 5.56 Å². The standard InChI is InChI=1S/C13H15F3N2O/c1-13(4-6-17-7-5-13)18-12(19)8-2-3-9(14)11(16)10(8)15/h2-3,17H,4-7H2,1H3,(H,18,19). The number of carbonyl (C=O) groups excluding carboxylic acids is 1. The normalized spacial score (nSPS) is 18.1. The van der Waals surface area contributed by atoms with Crippen LogP contribution in [0.15, 0.2) is 12.1 Å². The Morgan fingerprint density at radius 3 is 2.47 bits per heavy atom. The lowest BCUT2D eigenvalue weighted by Gasteiger charge is -2.35. The Bertz CT molecular complexity index is 499. The van der Waals surface area contributed by atoms with Crippen molar-refractivity contribution in [2.75, 3.05) is 13.1 Å². The van der Waals surface area contributed by atoms with Crippen molar-refractivity contribution in [3.05, 3.63) is 35.1 Å². The number of hydrogen-bond donors (Lipinski definition) is 2. The van der Waals surface area contributed by atoms with Crippen LogP contribution in [0.3, 0.4) is 0 Å². The van der Waals surface area contributed by atoms with Crippen LogP contribution in [0.2, 0.25) is 0 Å². The minimum Gasteiger partial charge on any atom is -0.347 e. The Balaban J connectivity index is 2.18. The van der Waals surface area contributed by atoms with E-state index in [2.05, 4.69) is 10.6 Å². The minimum atomic E-state index is -1.62. The number of amides is 1. The largest absolute Gasteiger partial charge is 0.347 e. The molecule has 0 saturated carbocycles. The summed E-state index contributed by atoms with van der Waals surface area (Å²) in [5.41, 5.74) is -0.932. The summed E-state index contributed by atoms with van der Waals surface area (Å²) in [6.45, 7) is 3.34. The first-order valence-electron chi connectivity index (χ1n) is 6.10. The van der Waals surface area contributed by atoms with E-state index in [0.717, 1.165) is 25.2 Å². The summed E-state index contributed by atoms with van der Waals surface area (Å²) in [5, 5.41) is 5.84. The lowest BCUT2D eigenvalue weighted by Crippen LogP contribution is -2.52. The summed E-state index contributed by atoms with van der Waals surface area (Å²) in [4.78, 5) is 11.9. The Labute approximate surface area is 109 Å². The molecule has 0 radical (unpaired) electrons. The van der Waals surface area contributed by atoms with Gasteiger partial charge < -0.3 is 10.6 Å². The SMILES string of the molecule is CC1(NC(=O)c2ccc(F)c(F)c2F)CCNCC1. The van der Waals surface area contributed by atoms with Gasteiger partial charge in [-0.05, 0) is 45.0 Å². The summed E-state index contributed by atoms with van der Waals surface area (Å²) in [6.07, 6.45) is 1.40. The molecule has 1 aliphatic rings. The maximum absolute atomic E-state index is 13.5. The minimum absolute atomic E-state index is 0.459. The average molecular weight is 272 g/mol. The highest BCUT2D eigenvalue weighted by molar-refractivity contribution is 5.95. The number of hydrogen-bond acceptors (Lipinski definition) is 2. The fraction of sp³-hybridized carbons (Fsp3) is 0.462. The monoisotopic (exact) mass is 272 g/mol. The fourth-order valence-corrected chi connectivity index (χ4v) is 2.15. The van der Waals surface area contributed by atoms with Gasteiger partial charge in [-0.25, -0.2) is 13.2 Å². The molecule has 19 heavy (non-hydrogen) atoms. The molecular formula is C13H15F3N2O. The van der Waals surface area contributed by atoms with Gasteiger partial charge in [0.15, 0.2) is 17.5 Å². The Kier molecular flexibility index (Phi) is 3.80. The molecule has 0 aromatic heterocycles. The number of halogens is 3. The summed E-state index contributed by atoms with van der Waals surface area (Å²) in [7, 11) is 0. The predicted octanol–water partition coefficient (Wildman–Crippen LogP) is 1.98. The average Bonchev–Trinajstić information content (AvgIpc) is 2.36. The quantitative estimate of drug-likeness (QED) is 0.808. The molecule has 0 atom stereocenters. The molecule has 104 valence electrons. The van der Waals surface area contributed by atoms with Gasteiger partial charge in [0, 0.05) is 5.54 Å². The van der Waals surface area contributed by atoms with Crippen molar-refractivity contribution in [2.24, 2.45) is 0 Å². The second-order valence-corrected chi connectivity index (χ2v) is 4.99. The zero-order chi connectivity index (χ0) is 14.0. The number of piperidine rings is 1. The molecule has 1 fully saturated rings. The van der Waals surface area contributed by atoms with E-state index < -0.39 is 34.5 Å². The Morgan fingerprint density at radius 1 is 1.21 bits per heavy atom. The van der Waals surface area contributed by atoms with Crippen molar-refractivity contribution >= 4 is 5.91 Å². The topological polar surface area (TPSA) is 41.1 Å². The molecule has 1 saturated heterocycles. The summed E-state index contributed by atoms with van der Waals surface area (Å²) >= 11 is 0. The van der Waals surface area contributed by atoms with E-state index in [0.29, 0.717) is 12.8 Å². The molecule has 1 aromatic rings. The molecule has 0 aliphatic carbocycles. The molecule has 6 heteroatoms. The first-order chi connectivity index (χ1) is 8.93. The maximum atomic E-state index is 13.5. The van der Waals surface area contributed by atoms with E-state index in [1.807, 2.05) is 6.92 Å². The van der Waals surface area contributed by atoms with Crippen LogP contribution < -0.4 is 10.6 Å². The van der Waals surface area contributed by atoms with Crippen molar-refractivity contribution < 1.29 is 18.0 Å². The highest BCUT2D eigenvalue weighted by Crippen LogP contribution is 2.20. The van der Waals surface area contributed by atoms with E-state index in [4.69, 9.17) is 0 Å². The van der Waals surface area contributed by atoms with Gasteiger partial charge in [0.1, 0.15) is 0 Å². The Morgan fingerprint density at radius 2 is 1.84 bits per heavy atom. The Hall–Kier alpha value is -1.56. The maximum Gasteiger partial charge on any atom is 0.254 e. The number of benzene rings is 1. The lowest BCUT2D eigenvalue weighted by atomic mass is 9.90. The van der Waals surface area contributed by atoms with E-state index in [1.54, 1.807) is 0 Å². The van der Waals surface area contributed by atoms with Gasteiger partial charge in [0.2, 0.25) is 0 Å². The third-order valence-corrected chi connectivity index (χ3v) is 3.40. The number of carbonyl (C=O) groups is 1. The van der Waals surface area contributed by atoms with Crippen LogP contribution in [-0.4, -0.2) is 24.5 Å². The van der Waals surface area contributed by atoms with Gasteiger partial charge >= 0.3 is 0 Å². The zero-order valence-corrected chi connectivity index (χ0v) is 10.5. The fourth-order valence-electron chi connectivity index (χ4n) is 2.15. The molecule has 0 unspecified atom stereocenters. The van der Waals surface area contributed by atoms with Crippen LogP contribution in [0.1, 0.15) is 30.1 Å². The van der Waals surface area contributed by atoms with Gasteiger partial charge in [-0.2, -0.15) is 0 Å². The first kappa shape index (κ1) is 13.9. The molecule has 2 N–H and O–H groups in total. The van der Waals surface area contributed by atoms with Gasteiger partial charge in [-0.3, -0.25) is 4.79 Å². The zero-order valence-electron chi connectivity index (χ0n) is 10.5. The second kappa shape index (κ2) is 5.21. The van der Waals surface area contributed by atoms with Crippen molar-refractivity contribution in [3.63, 3.8) is 0 Å². The lowest BCUT2D eigenvalue weighted by molar-refractivity contribution is 0.0882. The van der Waals surface area contributed by atoms with Gasteiger partial charge in [-0.1, -0.05) is 0 Å². The molecule has 0 bridgehead atoms. The molecule has 1 aliphatic heterocycles. The number of nitrogens with one attached hydrogen (secondary N) is 2. The van der Waals surface area contributed by atoms with E-state index >= 15 is 0 Å². The molecular weight excluding hydrogens is 257 g/mol. The van der Waals surface area contributed by atoms with Crippen molar-refractivity contribution in [1.82, 2.24) is 10.6 Å². The highest BCUT2D eigenvalue weighted by atomic mass is 19.2. The predicted molar refractivity (Wildman–Crippen MR) is 64.3 cm³/mol. The molecule has 3 nitrogen and oxygen atoms in total. The van der Waals surface area contributed by atoms with Gasteiger partial charge in [0.25, 0.3) is 5.91 Å². The van der Waals surface area contributed by atoms with Crippen LogP contribution in [0, 0.1) is 17.5 Å². The number of rotatable bonds is 2. The van der Waals surface area contributed by atoms with Crippen molar-refractivity contribution in [2.45, 2.75) is 25.3 Å². The second-order valence-electron chi connectivity index (χ2n) is 4.99. The summed E-state index contributed by atoms with van der Waals surface area (Å²) in [6, 6.07) is 1.70. The van der Waals surface area contributed by atoms with Crippen LogP contribution in [0.4, 0.5) is 13.2 Å². The highest BCUT2D eigenvalue weighted by Gasteiger charge is 2.30. The molecule has 1 amide bonds. The van der Waals surface area contributed by atoms with E-state index in [9.17, 15) is 18.0 Å². The smallest absolute Gasteiger partial charge is 0.254 e. The van der Waals surface area contributed by atoms with Crippen LogP contribution in [-0.2, 0) is 0 Å². The van der Waals surface area contributed by atoms with Crippen LogP contribution in [0.25, 0.3) is 0 Å².